The van der Waals surface area contributed by atoms with Gasteiger partial charge in [0.15, 0.2) is 0 Å². The van der Waals surface area contributed by atoms with E-state index in [4.69, 9.17) is 0 Å². The van der Waals surface area contributed by atoms with Crippen LogP contribution in [-0.4, -0.2) is 9.91 Å². The molecule has 1 heterocycles. The zero-order chi connectivity index (χ0) is 13.8. The second-order valence-electron chi connectivity index (χ2n) is 4.05. The summed E-state index contributed by atoms with van der Waals surface area (Å²) >= 11 is 3.37. The standard InChI is InChI=1S/C13H12BrN3O2/c1-9(10-4-6-11(14)7-5-10)16-13-12(17(18)19)3-2-8-15-13/h2-9H,1H3,(H,15,16)/t9-/m0/s1. The summed E-state index contributed by atoms with van der Waals surface area (Å²) in [7, 11) is 0. The topological polar surface area (TPSA) is 68.1 Å². The van der Waals surface area contributed by atoms with Crippen molar-refractivity contribution in [2.24, 2.45) is 0 Å². The second kappa shape index (κ2) is 5.79. The maximum Gasteiger partial charge on any atom is 0.311 e. The lowest BCUT2D eigenvalue weighted by Gasteiger charge is -2.14. The van der Waals surface area contributed by atoms with E-state index in [0.717, 1.165) is 10.0 Å². The molecule has 0 bridgehead atoms. The van der Waals surface area contributed by atoms with Gasteiger partial charge < -0.3 is 5.32 Å². The molecular weight excluding hydrogens is 310 g/mol. The van der Waals surface area contributed by atoms with Crippen LogP contribution in [0.1, 0.15) is 18.5 Å². The molecule has 2 rings (SSSR count). The van der Waals surface area contributed by atoms with E-state index in [-0.39, 0.29) is 17.5 Å². The number of aromatic nitrogens is 1. The largest absolute Gasteiger partial charge is 0.358 e. The maximum atomic E-state index is 10.9. The van der Waals surface area contributed by atoms with Crippen LogP contribution in [-0.2, 0) is 0 Å². The van der Waals surface area contributed by atoms with Gasteiger partial charge in [-0.25, -0.2) is 4.98 Å². The van der Waals surface area contributed by atoms with Gasteiger partial charge in [-0.15, -0.1) is 0 Å². The lowest BCUT2D eigenvalue weighted by Crippen LogP contribution is -2.09. The molecule has 1 aromatic carbocycles. The predicted octanol–water partition coefficient (Wildman–Crippen LogP) is 3.93. The van der Waals surface area contributed by atoms with E-state index >= 15 is 0 Å². The first-order valence-corrected chi connectivity index (χ1v) is 6.48. The minimum atomic E-state index is -0.441. The summed E-state index contributed by atoms with van der Waals surface area (Å²) in [5.41, 5.74) is 1.01. The van der Waals surface area contributed by atoms with Crippen molar-refractivity contribution in [1.82, 2.24) is 4.98 Å². The van der Waals surface area contributed by atoms with E-state index in [1.165, 1.54) is 12.3 Å². The fraction of sp³-hybridized carbons (Fsp3) is 0.154. The second-order valence-corrected chi connectivity index (χ2v) is 4.96. The Morgan fingerprint density at radius 1 is 1.32 bits per heavy atom. The minimum absolute atomic E-state index is 0.0218. The van der Waals surface area contributed by atoms with Gasteiger partial charge in [-0.3, -0.25) is 10.1 Å². The smallest absolute Gasteiger partial charge is 0.311 e. The number of nitro groups is 1. The SMILES string of the molecule is C[C@H](Nc1ncccc1[N+](=O)[O-])c1ccc(Br)cc1. The van der Waals surface area contributed by atoms with Crippen LogP contribution in [0.15, 0.2) is 47.1 Å². The molecule has 0 fully saturated rings. The third-order valence-electron chi connectivity index (χ3n) is 2.71. The van der Waals surface area contributed by atoms with Crippen LogP contribution in [0.3, 0.4) is 0 Å². The first-order valence-electron chi connectivity index (χ1n) is 5.69. The molecule has 0 aliphatic rings. The monoisotopic (exact) mass is 321 g/mol. The van der Waals surface area contributed by atoms with E-state index in [9.17, 15) is 10.1 Å². The van der Waals surface area contributed by atoms with Crippen molar-refractivity contribution in [1.29, 1.82) is 0 Å². The number of hydrogen-bond acceptors (Lipinski definition) is 4. The van der Waals surface area contributed by atoms with E-state index in [1.54, 1.807) is 6.07 Å². The molecule has 19 heavy (non-hydrogen) atoms. The van der Waals surface area contributed by atoms with Crippen LogP contribution < -0.4 is 5.32 Å². The fourth-order valence-electron chi connectivity index (χ4n) is 1.70. The van der Waals surface area contributed by atoms with Crippen molar-refractivity contribution in [2.45, 2.75) is 13.0 Å². The summed E-state index contributed by atoms with van der Waals surface area (Å²) in [6, 6.07) is 10.7. The third kappa shape index (κ3) is 3.29. The van der Waals surface area contributed by atoms with Crippen molar-refractivity contribution in [3.05, 3.63) is 62.7 Å². The first-order chi connectivity index (χ1) is 9.08. The Morgan fingerprint density at radius 2 is 2.00 bits per heavy atom. The average molecular weight is 322 g/mol. The summed E-state index contributed by atoms with van der Waals surface area (Å²) in [5, 5.41) is 14.0. The molecule has 0 saturated heterocycles. The molecule has 1 atom stereocenters. The zero-order valence-electron chi connectivity index (χ0n) is 10.2. The summed E-state index contributed by atoms with van der Waals surface area (Å²) in [6.07, 6.45) is 1.53. The number of pyridine rings is 1. The van der Waals surface area contributed by atoms with Crippen molar-refractivity contribution in [2.75, 3.05) is 5.32 Å². The number of hydrogen-bond donors (Lipinski definition) is 1. The Kier molecular flexibility index (Phi) is 4.11. The summed E-state index contributed by atoms with van der Waals surface area (Å²) in [6.45, 7) is 1.93. The Bertz CT molecular complexity index is 587. The molecular formula is C13H12BrN3O2. The first kappa shape index (κ1) is 13.5. The highest BCUT2D eigenvalue weighted by molar-refractivity contribution is 9.10. The molecule has 2 aromatic rings. The Balaban J connectivity index is 2.21. The number of rotatable bonds is 4. The molecule has 5 nitrogen and oxygen atoms in total. The van der Waals surface area contributed by atoms with Gasteiger partial charge >= 0.3 is 5.69 Å². The van der Waals surface area contributed by atoms with Gasteiger partial charge in [-0.05, 0) is 30.7 Å². The minimum Gasteiger partial charge on any atom is -0.358 e. The van der Waals surface area contributed by atoms with Crippen LogP contribution in [0.4, 0.5) is 11.5 Å². The quantitative estimate of drug-likeness (QED) is 0.684. The van der Waals surface area contributed by atoms with Crippen LogP contribution in [0, 0.1) is 10.1 Å². The molecule has 0 aliphatic carbocycles. The Hall–Kier alpha value is -1.95. The Labute approximate surface area is 119 Å². The van der Waals surface area contributed by atoms with Gasteiger partial charge in [0.1, 0.15) is 0 Å². The Morgan fingerprint density at radius 3 is 2.63 bits per heavy atom. The van der Waals surface area contributed by atoms with Crippen LogP contribution >= 0.6 is 15.9 Å². The van der Waals surface area contributed by atoms with Crippen LogP contribution in [0.5, 0.6) is 0 Å². The lowest BCUT2D eigenvalue weighted by molar-refractivity contribution is -0.384. The predicted molar refractivity (Wildman–Crippen MR) is 77.1 cm³/mol. The van der Waals surface area contributed by atoms with E-state index in [2.05, 4.69) is 26.2 Å². The maximum absolute atomic E-state index is 10.9. The van der Waals surface area contributed by atoms with E-state index < -0.39 is 4.92 Å². The zero-order valence-corrected chi connectivity index (χ0v) is 11.8. The number of benzene rings is 1. The molecule has 1 N–H and O–H groups in total. The highest BCUT2D eigenvalue weighted by Gasteiger charge is 2.16. The molecule has 0 amide bonds. The third-order valence-corrected chi connectivity index (χ3v) is 3.24. The fourth-order valence-corrected chi connectivity index (χ4v) is 1.96. The molecule has 0 spiro atoms. The van der Waals surface area contributed by atoms with Gasteiger partial charge in [-0.1, -0.05) is 28.1 Å². The molecule has 98 valence electrons. The van der Waals surface area contributed by atoms with Crippen LogP contribution in [0.2, 0.25) is 0 Å². The van der Waals surface area contributed by atoms with Crippen molar-refractivity contribution in [3.8, 4) is 0 Å². The summed E-state index contributed by atoms with van der Waals surface area (Å²) in [5.74, 6) is 0.280. The molecule has 0 radical (unpaired) electrons. The van der Waals surface area contributed by atoms with Crippen molar-refractivity contribution in [3.63, 3.8) is 0 Å². The molecule has 1 aromatic heterocycles. The molecule has 0 unspecified atom stereocenters. The van der Waals surface area contributed by atoms with E-state index in [1.807, 2.05) is 31.2 Å². The number of nitrogens with one attached hydrogen (secondary N) is 1. The number of anilines is 1. The van der Waals surface area contributed by atoms with Gasteiger partial charge in [0.05, 0.1) is 11.0 Å². The highest BCUT2D eigenvalue weighted by atomic mass is 79.9. The summed E-state index contributed by atoms with van der Waals surface area (Å²) in [4.78, 5) is 14.5. The lowest BCUT2D eigenvalue weighted by atomic mass is 10.1. The average Bonchev–Trinajstić information content (AvgIpc) is 2.39. The molecule has 0 saturated carbocycles. The van der Waals surface area contributed by atoms with Gasteiger partial charge in [0, 0.05) is 16.7 Å². The molecule has 0 aliphatic heterocycles. The molecule has 6 heteroatoms. The number of nitrogens with zero attached hydrogens (tertiary/aromatic N) is 2. The highest BCUT2D eigenvalue weighted by Crippen LogP contribution is 2.26. The van der Waals surface area contributed by atoms with Gasteiger partial charge in [-0.2, -0.15) is 0 Å². The van der Waals surface area contributed by atoms with Gasteiger partial charge in [0.25, 0.3) is 0 Å². The normalized spacial score (nSPS) is 11.9. The van der Waals surface area contributed by atoms with Crippen molar-refractivity contribution >= 4 is 27.4 Å². The van der Waals surface area contributed by atoms with E-state index in [0.29, 0.717) is 0 Å². The van der Waals surface area contributed by atoms with Crippen molar-refractivity contribution < 1.29 is 4.92 Å². The van der Waals surface area contributed by atoms with Crippen LogP contribution in [0.25, 0.3) is 0 Å². The summed E-state index contributed by atoms with van der Waals surface area (Å²) < 4.78 is 0.993. The van der Waals surface area contributed by atoms with Gasteiger partial charge in [0.2, 0.25) is 5.82 Å². The number of halogens is 1.